The van der Waals surface area contributed by atoms with Crippen LogP contribution in [0, 0.1) is 12.7 Å². The Bertz CT molecular complexity index is 403. The lowest BCUT2D eigenvalue weighted by Crippen LogP contribution is -2.36. The lowest BCUT2D eigenvalue weighted by molar-refractivity contribution is 0.0959. The van der Waals surface area contributed by atoms with Crippen molar-refractivity contribution in [3.05, 3.63) is 42.1 Å². The van der Waals surface area contributed by atoms with Gasteiger partial charge < -0.3 is 4.74 Å². The summed E-state index contributed by atoms with van der Waals surface area (Å²) >= 11 is 0. The Morgan fingerprint density at radius 2 is 2.29 bits per heavy atom. The Morgan fingerprint density at radius 3 is 2.88 bits per heavy atom. The van der Waals surface area contributed by atoms with Gasteiger partial charge in [-0.2, -0.15) is 0 Å². The maximum atomic E-state index is 14.2. The van der Waals surface area contributed by atoms with E-state index >= 15 is 0 Å². The van der Waals surface area contributed by atoms with E-state index in [0.717, 1.165) is 0 Å². The number of rotatable bonds is 3. The van der Waals surface area contributed by atoms with Gasteiger partial charge in [-0.05, 0) is 32.3 Å². The molecule has 0 bridgehead atoms. The van der Waals surface area contributed by atoms with E-state index in [1.165, 1.54) is 0 Å². The second-order valence-corrected chi connectivity index (χ2v) is 5.14. The quantitative estimate of drug-likeness (QED) is 0.871. The van der Waals surface area contributed by atoms with Gasteiger partial charge in [-0.25, -0.2) is 4.39 Å². The van der Waals surface area contributed by atoms with E-state index in [9.17, 15) is 4.39 Å². The molecule has 1 aliphatic rings. The fourth-order valence-corrected chi connectivity index (χ4v) is 2.08. The van der Waals surface area contributed by atoms with Gasteiger partial charge in [-0.1, -0.05) is 25.1 Å². The number of nitrogens with one attached hydrogen (secondary N) is 1. The highest BCUT2D eigenvalue weighted by Crippen LogP contribution is 2.29. The van der Waals surface area contributed by atoms with Gasteiger partial charge >= 0.3 is 0 Å². The van der Waals surface area contributed by atoms with Gasteiger partial charge in [0.2, 0.25) is 0 Å². The molecule has 0 aromatic heterocycles. The molecule has 0 aliphatic carbocycles. The molecule has 1 aromatic carbocycles. The minimum atomic E-state index is -0.338. The van der Waals surface area contributed by atoms with Crippen LogP contribution in [-0.2, 0) is 11.2 Å². The fourth-order valence-electron chi connectivity index (χ4n) is 2.08. The van der Waals surface area contributed by atoms with Crippen molar-refractivity contribution in [1.82, 2.24) is 5.32 Å². The molecule has 1 aromatic rings. The first-order valence-corrected chi connectivity index (χ1v) is 5.99. The maximum Gasteiger partial charge on any atom is 0.137 e. The first-order chi connectivity index (χ1) is 8.03. The topological polar surface area (TPSA) is 21.3 Å². The Balaban J connectivity index is 2.24. The molecule has 1 N–H and O–H groups in total. The molecule has 2 rings (SSSR count). The number of aryl methyl sites for hydroxylation is 1. The zero-order valence-electron chi connectivity index (χ0n) is 10.4. The van der Waals surface area contributed by atoms with Crippen molar-refractivity contribution < 1.29 is 9.13 Å². The van der Waals surface area contributed by atoms with Crippen molar-refractivity contribution in [2.75, 3.05) is 6.61 Å². The molecule has 1 atom stereocenters. The zero-order chi connectivity index (χ0) is 12.5. The molecule has 2 nitrogen and oxygen atoms in total. The number of hydrogen-bond donors (Lipinski definition) is 1. The lowest BCUT2D eigenvalue weighted by atomic mass is 10.0. The highest BCUT2D eigenvalue weighted by molar-refractivity contribution is 5.28. The van der Waals surface area contributed by atoms with Crippen molar-refractivity contribution in [2.24, 2.45) is 0 Å². The van der Waals surface area contributed by atoms with Crippen molar-refractivity contribution in [2.45, 2.75) is 38.5 Å². The molecule has 1 heterocycles. The largest absolute Gasteiger partial charge is 0.357 e. The van der Waals surface area contributed by atoms with Crippen molar-refractivity contribution in [3.63, 3.8) is 0 Å². The Morgan fingerprint density at radius 1 is 1.53 bits per heavy atom. The maximum absolute atomic E-state index is 14.2. The van der Waals surface area contributed by atoms with Crippen LogP contribution in [0.3, 0.4) is 0 Å². The summed E-state index contributed by atoms with van der Waals surface area (Å²) in [5.74, 6) is -0.161. The minimum Gasteiger partial charge on any atom is -0.357 e. The van der Waals surface area contributed by atoms with Crippen molar-refractivity contribution in [1.29, 1.82) is 0 Å². The minimum absolute atomic E-state index is 0.0978. The molecule has 93 valence electrons. The van der Waals surface area contributed by atoms with E-state index in [-0.39, 0.29) is 17.6 Å². The summed E-state index contributed by atoms with van der Waals surface area (Å²) in [6.07, 6.45) is 1.02. The van der Waals surface area contributed by atoms with Gasteiger partial charge in [0.15, 0.2) is 0 Å². The molecule has 0 spiro atoms. The van der Waals surface area contributed by atoms with Crippen molar-refractivity contribution >= 4 is 0 Å². The smallest absolute Gasteiger partial charge is 0.137 e. The highest BCUT2D eigenvalue weighted by atomic mass is 19.1. The van der Waals surface area contributed by atoms with Crippen molar-refractivity contribution in [3.8, 4) is 0 Å². The standard InChI is InChI=1S/C14H19FNO/c1-4-6-10-7-5-8-11(12(10)15)13-16-14(2,3)9-17-13/h5,7-8,13,16H,1,4,6,9H2,2-3H3. The van der Waals surface area contributed by atoms with E-state index in [2.05, 4.69) is 12.2 Å². The fraction of sp³-hybridized carbons (Fsp3) is 0.500. The van der Waals surface area contributed by atoms with Crippen LogP contribution in [0.25, 0.3) is 0 Å². The molecule has 1 radical (unpaired) electrons. The monoisotopic (exact) mass is 236 g/mol. The zero-order valence-corrected chi connectivity index (χ0v) is 10.4. The second kappa shape index (κ2) is 4.75. The molecule has 3 heteroatoms. The summed E-state index contributed by atoms with van der Waals surface area (Å²) in [5, 5.41) is 3.28. The van der Waals surface area contributed by atoms with Gasteiger partial charge in [0.25, 0.3) is 0 Å². The third kappa shape index (κ3) is 2.67. The van der Waals surface area contributed by atoms with E-state index < -0.39 is 0 Å². The van der Waals surface area contributed by atoms with E-state index in [1.54, 1.807) is 6.07 Å². The molecular weight excluding hydrogens is 217 g/mol. The SMILES string of the molecule is [CH2]CCc1cccc(C2NC(C)(C)CO2)c1F. The van der Waals surface area contributed by atoms with Gasteiger partial charge in [-0.15, -0.1) is 0 Å². The van der Waals surface area contributed by atoms with Crippen LogP contribution in [0.2, 0.25) is 0 Å². The highest BCUT2D eigenvalue weighted by Gasteiger charge is 2.33. The predicted octanol–water partition coefficient (Wildman–Crippen LogP) is 2.99. The average molecular weight is 236 g/mol. The normalized spacial score (nSPS) is 22.9. The Labute approximate surface area is 102 Å². The predicted molar refractivity (Wildman–Crippen MR) is 66.0 cm³/mol. The van der Waals surface area contributed by atoms with Gasteiger partial charge in [0.1, 0.15) is 12.0 Å². The molecule has 0 amide bonds. The molecule has 1 fully saturated rings. The van der Waals surface area contributed by atoms with Gasteiger partial charge in [0.05, 0.1) is 6.61 Å². The summed E-state index contributed by atoms with van der Waals surface area (Å²) in [6.45, 7) is 8.45. The second-order valence-electron chi connectivity index (χ2n) is 5.14. The van der Waals surface area contributed by atoms with Crippen LogP contribution >= 0.6 is 0 Å². The summed E-state index contributed by atoms with van der Waals surface area (Å²) < 4.78 is 19.8. The molecular formula is C14H19FNO. The van der Waals surface area contributed by atoms with Crippen LogP contribution in [0.1, 0.15) is 37.6 Å². The summed E-state index contributed by atoms with van der Waals surface area (Å²) in [4.78, 5) is 0. The number of hydrogen-bond acceptors (Lipinski definition) is 2. The third-order valence-corrected chi connectivity index (χ3v) is 2.97. The Kier molecular flexibility index (Phi) is 3.50. The number of ether oxygens (including phenoxy) is 1. The summed E-state index contributed by atoms with van der Waals surface area (Å²) in [5.41, 5.74) is 1.22. The molecule has 1 saturated heterocycles. The van der Waals surface area contributed by atoms with Crippen LogP contribution in [-0.4, -0.2) is 12.1 Å². The van der Waals surface area contributed by atoms with E-state index in [0.29, 0.717) is 30.6 Å². The lowest BCUT2D eigenvalue weighted by Gasteiger charge is -2.18. The van der Waals surface area contributed by atoms with E-state index in [1.807, 2.05) is 26.0 Å². The van der Waals surface area contributed by atoms with Gasteiger partial charge in [0, 0.05) is 11.1 Å². The van der Waals surface area contributed by atoms with Crippen LogP contribution in [0.5, 0.6) is 0 Å². The number of halogens is 1. The first-order valence-electron chi connectivity index (χ1n) is 5.99. The van der Waals surface area contributed by atoms with E-state index in [4.69, 9.17) is 4.74 Å². The molecule has 1 unspecified atom stereocenters. The van der Waals surface area contributed by atoms with Crippen LogP contribution < -0.4 is 5.32 Å². The molecule has 17 heavy (non-hydrogen) atoms. The Hall–Kier alpha value is -0.930. The summed E-state index contributed by atoms with van der Waals surface area (Å²) in [6, 6.07) is 5.46. The van der Waals surface area contributed by atoms with Crippen LogP contribution in [0.15, 0.2) is 18.2 Å². The van der Waals surface area contributed by atoms with Crippen LogP contribution in [0.4, 0.5) is 4.39 Å². The summed E-state index contributed by atoms with van der Waals surface area (Å²) in [7, 11) is 0. The first kappa shape index (κ1) is 12.5. The average Bonchev–Trinajstić information content (AvgIpc) is 2.62. The molecule has 0 saturated carbocycles. The number of benzene rings is 1. The van der Waals surface area contributed by atoms with Gasteiger partial charge in [-0.3, -0.25) is 5.32 Å². The molecule has 1 aliphatic heterocycles. The third-order valence-electron chi connectivity index (χ3n) is 2.97.